The molecule has 1 aromatic rings. The van der Waals surface area contributed by atoms with Crippen molar-refractivity contribution in [2.45, 2.75) is 38.8 Å². The lowest BCUT2D eigenvalue weighted by Crippen LogP contribution is -2.44. The van der Waals surface area contributed by atoms with E-state index in [-0.39, 0.29) is 18.1 Å². The lowest BCUT2D eigenvalue weighted by molar-refractivity contribution is 0.0659. The van der Waals surface area contributed by atoms with Crippen LogP contribution in [-0.2, 0) is 0 Å². The number of ether oxygens (including phenoxy) is 1. The number of piperidine rings is 1. The Morgan fingerprint density at radius 2 is 2.09 bits per heavy atom. The first-order valence-electron chi connectivity index (χ1n) is 7.66. The summed E-state index contributed by atoms with van der Waals surface area (Å²) >= 11 is 6.16. The summed E-state index contributed by atoms with van der Waals surface area (Å²) in [6, 6.07) is 1.91. The molecule has 0 aliphatic carbocycles. The molecule has 0 aromatic carbocycles. The number of likely N-dealkylation sites (tertiary alicyclic amines) is 1. The topological polar surface area (TPSA) is 45.7 Å². The standard InChI is InChI=1S/C16H24ClN3O2/c1-11(2)22-15-14(17)9-12(10-18-15)16(21)20(4)13-5-7-19(3)8-6-13/h9-11,13H,5-8H2,1-4H3. The first-order valence-corrected chi connectivity index (χ1v) is 8.04. The smallest absolute Gasteiger partial charge is 0.255 e. The van der Waals surface area contributed by atoms with E-state index in [0.29, 0.717) is 16.5 Å². The van der Waals surface area contributed by atoms with E-state index in [9.17, 15) is 4.79 Å². The first-order chi connectivity index (χ1) is 10.4. The molecule has 22 heavy (non-hydrogen) atoms. The van der Waals surface area contributed by atoms with Gasteiger partial charge in [-0.3, -0.25) is 4.79 Å². The Morgan fingerprint density at radius 3 is 2.64 bits per heavy atom. The Balaban J connectivity index is 2.07. The van der Waals surface area contributed by atoms with Gasteiger partial charge in [0.2, 0.25) is 5.88 Å². The lowest BCUT2D eigenvalue weighted by atomic mass is 10.0. The van der Waals surface area contributed by atoms with Crippen LogP contribution in [0.15, 0.2) is 12.3 Å². The zero-order valence-electron chi connectivity index (χ0n) is 13.7. The highest BCUT2D eigenvalue weighted by Gasteiger charge is 2.25. The second kappa shape index (κ2) is 7.29. The molecule has 0 radical (unpaired) electrons. The van der Waals surface area contributed by atoms with Gasteiger partial charge < -0.3 is 14.5 Å². The number of pyridine rings is 1. The Kier molecular flexibility index (Phi) is 5.64. The number of amides is 1. The van der Waals surface area contributed by atoms with E-state index in [0.717, 1.165) is 25.9 Å². The van der Waals surface area contributed by atoms with Crippen LogP contribution >= 0.6 is 11.6 Å². The summed E-state index contributed by atoms with van der Waals surface area (Å²) < 4.78 is 5.49. The van der Waals surface area contributed by atoms with Crippen LogP contribution < -0.4 is 4.74 Å². The van der Waals surface area contributed by atoms with E-state index in [4.69, 9.17) is 16.3 Å². The normalized spacial score (nSPS) is 16.8. The van der Waals surface area contributed by atoms with E-state index < -0.39 is 0 Å². The number of rotatable bonds is 4. The van der Waals surface area contributed by atoms with Crippen molar-refractivity contribution in [1.82, 2.24) is 14.8 Å². The predicted octanol–water partition coefficient (Wildman–Crippen LogP) is 2.69. The molecule has 0 N–H and O–H groups in total. The molecule has 1 aliphatic rings. The van der Waals surface area contributed by atoms with Gasteiger partial charge in [0.1, 0.15) is 5.02 Å². The summed E-state index contributed by atoms with van der Waals surface area (Å²) in [5.41, 5.74) is 0.502. The molecule has 1 saturated heterocycles. The second-order valence-electron chi connectivity index (χ2n) is 6.13. The van der Waals surface area contributed by atoms with Gasteiger partial charge in [-0.1, -0.05) is 11.6 Å². The highest BCUT2D eigenvalue weighted by atomic mass is 35.5. The van der Waals surface area contributed by atoms with Gasteiger partial charge in [-0.15, -0.1) is 0 Å². The summed E-state index contributed by atoms with van der Waals surface area (Å²) in [5, 5.41) is 0.372. The molecule has 0 bridgehead atoms. The number of carbonyl (C=O) groups excluding carboxylic acids is 1. The Hall–Kier alpha value is -1.33. The van der Waals surface area contributed by atoms with Crippen molar-refractivity contribution >= 4 is 17.5 Å². The highest BCUT2D eigenvalue weighted by Crippen LogP contribution is 2.25. The van der Waals surface area contributed by atoms with Gasteiger partial charge in [0.05, 0.1) is 11.7 Å². The largest absolute Gasteiger partial charge is 0.474 e. The number of halogens is 1. The summed E-state index contributed by atoms with van der Waals surface area (Å²) in [6.07, 6.45) is 3.52. The third-order valence-electron chi connectivity index (χ3n) is 3.96. The van der Waals surface area contributed by atoms with Crippen LogP contribution in [0, 0.1) is 0 Å². The van der Waals surface area contributed by atoms with Crippen LogP contribution in [0.4, 0.5) is 0 Å². The van der Waals surface area contributed by atoms with Crippen LogP contribution in [0.5, 0.6) is 5.88 Å². The molecular weight excluding hydrogens is 302 g/mol. The quantitative estimate of drug-likeness (QED) is 0.854. The highest BCUT2D eigenvalue weighted by molar-refractivity contribution is 6.32. The molecule has 0 unspecified atom stereocenters. The predicted molar refractivity (Wildman–Crippen MR) is 87.6 cm³/mol. The van der Waals surface area contributed by atoms with E-state index in [1.807, 2.05) is 25.8 Å². The maximum Gasteiger partial charge on any atom is 0.255 e. The van der Waals surface area contributed by atoms with Crippen molar-refractivity contribution in [2.24, 2.45) is 0 Å². The second-order valence-corrected chi connectivity index (χ2v) is 6.54. The van der Waals surface area contributed by atoms with Crippen LogP contribution in [0.3, 0.4) is 0 Å². The fourth-order valence-corrected chi connectivity index (χ4v) is 2.81. The fraction of sp³-hybridized carbons (Fsp3) is 0.625. The number of nitrogens with zero attached hydrogens (tertiary/aromatic N) is 3. The minimum absolute atomic E-state index is 0.00606. The van der Waals surface area contributed by atoms with E-state index in [1.165, 1.54) is 6.20 Å². The molecule has 0 atom stereocenters. The minimum Gasteiger partial charge on any atom is -0.474 e. The van der Waals surface area contributed by atoms with Gasteiger partial charge in [-0.25, -0.2) is 4.98 Å². The zero-order valence-corrected chi connectivity index (χ0v) is 14.4. The van der Waals surface area contributed by atoms with Gasteiger partial charge >= 0.3 is 0 Å². The van der Waals surface area contributed by atoms with Crippen LogP contribution in [0.1, 0.15) is 37.0 Å². The first kappa shape index (κ1) is 17.0. The summed E-state index contributed by atoms with van der Waals surface area (Å²) in [5.74, 6) is 0.329. The number of carbonyl (C=O) groups is 1. The molecule has 1 aromatic heterocycles. The molecule has 6 heteroatoms. The molecule has 122 valence electrons. The van der Waals surface area contributed by atoms with Gasteiger partial charge in [0.25, 0.3) is 5.91 Å². The van der Waals surface area contributed by atoms with Gasteiger partial charge in [0, 0.05) is 19.3 Å². The van der Waals surface area contributed by atoms with Crippen molar-refractivity contribution in [1.29, 1.82) is 0 Å². The number of hydrogen-bond acceptors (Lipinski definition) is 4. The molecule has 1 amide bonds. The molecule has 2 heterocycles. The molecule has 0 saturated carbocycles. The number of aromatic nitrogens is 1. The monoisotopic (exact) mass is 325 g/mol. The van der Waals surface area contributed by atoms with Crippen LogP contribution in [0.25, 0.3) is 0 Å². The molecular formula is C16H24ClN3O2. The minimum atomic E-state index is -0.0416. The number of hydrogen-bond donors (Lipinski definition) is 0. The molecule has 5 nitrogen and oxygen atoms in total. The summed E-state index contributed by atoms with van der Waals surface area (Å²) in [4.78, 5) is 20.8. The van der Waals surface area contributed by atoms with Crippen molar-refractivity contribution in [2.75, 3.05) is 27.2 Å². The average molecular weight is 326 g/mol. The Labute approximate surface area is 137 Å². The van der Waals surface area contributed by atoms with Crippen molar-refractivity contribution in [3.05, 3.63) is 22.8 Å². The van der Waals surface area contributed by atoms with Gasteiger partial charge in [-0.2, -0.15) is 0 Å². The Bertz CT molecular complexity index is 528. The maximum atomic E-state index is 12.6. The zero-order chi connectivity index (χ0) is 16.3. The third-order valence-corrected chi connectivity index (χ3v) is 4.23. The van der Waals surface area contributed by atoms with Gasteiger partial charge in [-0.05, 0) is 52.9 Å². The summed E-state index contributed by atoms with van der Waals surface area (Å²) in [7, 11) is 3.96. The average Bonchev–Trinajstić information content (AvgIpc) is 2.48. The SMILES string of the molecule is CC(C)Oc1ncc(C(=O)N(C)C2CCN(C)CC2)cc1Cl. The van der Waals surface area contributed by atoms with Gasteiger partial charge in [0.15, 0.2) is 0 Å². The molecule has 0 spiro atoms. The maximum absolute atomic E-state index is 12.6. The van der Waals surface area contributed by atoms with Crippen molar-refractivity contribution in [3.8, 4) is 5.88 Å². The van der Waals surface area contributed by atoms with E-state index in [1.54, 1.807) is 6.07 Å². The molecule has 1 fully saturated rings. The van der Waals surface area contributed by atoms with E-state index in [2.05, 4.69) is 16.9 Å². The lowest BCUT2D eigenvalue weighted by Gasteiger charge is -2.35. The van der Waals surface area contributed by atoms with Crippen molar-refractivity contribution < 1.29 is 9.53 Å². The Morgan fingerprint density at radius 1 is 1.45 bits per heavy atom. The van der Waals surface area contributed by atoms with E-state index >= 15 is 0 Å². The molecule has 1 aliphatic heterocycles. The van der Waals surface area contributed by atoms with Crippen LogP contribution in [0.2, 0.25) is 5.02 Å². The molecule has 2 rings (SSSR count). The summed E-state index contributed by atoms with van der Waals surface area (Å²) in [6.45, 7) is 5.85. The van der Waals surface area contributed by atoms with Crippen molar-refractivity contribution in [3.63, 3.8) is 0 Å². The third kappa shape index (κ3) is 4.11. The van der Waals surface area contributed by atoms with Crippen LogP contribution in [-0.4, -0.2) is 60.0 Å². The fourth-order valence-electron chi connectivity index (χ4n) is 2.60.